The van der Waals surface area contributed by atoms with Crippen molar-refractivity contribution in [3.8, 4) is 5.75 Å². The minimum Gasteiger partial charge on any atom is -0.508 e. The van der Waals surface area contributed by atoms with Gasteiger partial charge in [-0.2, -0.15) is 0 Å². The molecule has 0 unspecified atom stereocenters. The molecule has 1 heterocycles. The molecule has 0 fully saturated rings. The summed E-state index contributed by atoms with van der Waals surface area (Å²) in [7, 11) is 2.01. The average molecular weight is 216 g/mol. The topological polar surface area (TPSA) is 37.2 Å². The van der Waals surface area contributed by atoms with Gasteiger partial charge in [0.1, 0.15) is 5.75 Å². The van der Waals surface area contributed by atoms with Crippen LogP contribution < -0.4 is 5.32 Å². The molecule has 0 saturated heterocycles. The smallest absolute Gasteiger partial charge is 0.118 e. The fourth-order valence-electron chi connectivity index (χ4n) is 1.64. The molecule has 0 aliphatic rings. The number of nitrogens with one attached hydrogen (secondary N) is 1. The number of aromatic hydroxyl groups is 1. The number of aromatic nitrogens is 1. The summed E-state index contributed by atoms with van der Waals surface area (Å²) in [6.07, 6.45) is 4.11. The lowest BCUT2D eigenvalue weighted by Crippen LogP contribution is -1.98. The highest BCUT2D eigenvalue weighted by Gasteiger charge is 1.98. The Morgan fingerprint density at radius 3 is 2.75 bits per heavy atom. The van der Waals surface area contributed by atoms with E-state index in [1.807, 2.05) is 36.9 Å². The summed E-state index contributed by atoms with van der Waals surface area (Å²) in [6, 6.07) is 7.62. The van der Waals surface area contributed by atoms with E-state index in [4.69, 9.17) is 0 Å². The number of nitrogens with zero attached hydrogens (tertiary/aromatic N) is 1. The van der Waals surface area contributed by atoms with Gasteiger partial charge >= 0.3 is 0 Å². The predicted octanol–water partition coefficient (Wildman–Crippen LogP) is 2.65. The maximum atomic E-state index is 9.40. The minimum atomic E-state index is 0.338. The first-order valence-corrected chi connectivity index (χ1v) is 5.29. The van der Waals surface area contributed by atoms with Gasteiger partial charge < -0.3 is 15.0 Å². The zero-order chi connectivity index (χ0) is 11.5. The SMILES string of the molecule is Cc1cc(NCc2ccn(C)c2)ccc1O. The van der Waals surface area contributed by atoms with Crippen molar-refractivity contribution in [1.82, 2.24) is 4.57 Å². The van der Waals surface area contributed by atoms with Crippen LogP contribution in [0.1, 0.15) is 11.1 Å². The molecular formula is C13H16N2O. The van der Waals surface area contributed by atoms with Crippen LogP contribution in [0.25, 0.3) is 0 Å². The van der Waals surface area contributed by atoms with E-state index >= 15 is 0 Å². The van der Waals surface area contributed by atoms with Gasteiger partial charge in [0.15, 0.2) is 0 Å². The van der Waals surface area contributed by atoms with Gasteiger partial charge in [0.2, 0.25) is 0 Å². The highest BCUT2D eigenvalue weighted by molar-refractivity contribution is 5.50. The summed E-state index contributed by atoms with van der Waals surface area (Å²) in [5.41, 5.74) is 3.16. The van der Waals surface area contributed by atoms with E-state index in [9.17, 15) is 5.11 Å². The largest absolute Gasteiger partial charge is 0.508 e. The number of aryl methyl sites for hydroxylation is 2. The van der Waals surface area contributed by atoms with Crippen molar-refractivity contribution in [1.29, 1.82) is 0 Å². The van der Waals surface area contributed by atoms with Crippen molar-refractivity contribution >= 4 is 5.69 Å². The molecule has 84 valence electrons. The molecule has 1 aromatic heterocycles. The molecule has 2 rings (SSSR count). The zero-order valence-electron chi connectivity index (χ0n) is 9.57. The van der Waals surface area contributed by atoms with Gasteiger partial charge in [0.25, 0.3) is 0 Å². The van der Waals surface area contributed by atoms with E-state index in [1.165, 1.54) is 5.56 Å². The molecular weight excluding hydrogens is 200 g/mol. The first-order chi connectivity index (χ1) is 7.65. The number of anilines is 1. The first kappa shape index (κ1) is 10.6. The van der Waals surface area contributed by atoms with Gasteiger partial charge in [0.05, 0.1) is 0 Å². The van der Waals surface area contributed by atoms with E-state index in [-0.39, 0.29) is 0 Å². The fraction of sp³-hybridized carbons (Fsp3) is 0.231. The van der Waals surface area contributed by atoms with Crippen molar-refractivity contribution in [2.24, 2.45) is 7.05 Å². The minimum absolute atomic E-state index is 0.338. The Morgan fingerprint density at radius 2 is 2.12 bits per heavy atom. The number of rotatable bonds is 3. The molecule has 1 aromatic carbocycles. The highest BCUT2D eigenvalue weighted by atomic mass is 16.3. The highest BCUT2D eigenvalue weighted by Crippen LogP contribution is 2.20. The summed E-state index contributed by atoms with van der Waals surface area (Å²) in [5.74, 6) is 0.338. The Morgan fingerprint density at radius 1 is 1.31 bits per heavy atom. The third-order valence-corrected chi connectivity index (χ3v) is 2.59. The predicted molar refractivity (Wildman–Crippen MR) is 65.6 cm³/mol. The number of hydrogen-bond donors (Lipinski definition) is 2. The molecule has 2 aromatic rings. The first-order valence-electron chi connectivity index (χ1n) is 5.29. The van der Waals surface area contributed by atoms with Crippen molar-refractivity contribution in [3.05, 3.63) is 47.8 Å². The lowest BCUT2D eigenvalue weighted by atomic mass is 10.2. The van der Waals surface area contributed by atoms with Crippen LogP contribution in [-0.2, 0) is 13.6 Å². The quantitative estimate of drug-likeness (QED) is 0.774. The Balaban J connectivity index is 2.02. The van der Waals surface area contributed by atoms with Crippen LogP contribution in [0.2, 0.25) is 0 Å². The fourth-order valence-corrected chi connectivity index (χ4v) is 1.64. The Kier molecular flexibility index (Phi) is 2.86. The van der Waals surface area contributed by atoms with Crippen molar-refractivity contribution in [2.75, 3.05) is 5.32 Å². The second kappa shape index (κ2) is 4.31. The van der Waals surface area contributed by atoms with Crippen LogP contribution in [0.15, 0.2) is 36.7 Å². The molecule has 0 saturated carbocycles. The number of phenols is 1. The molecule has 0 aliphatic heterocycles. The molecule has 0 atom stereocenters. The van der Waals surface area contributed by atoms with Crippen LogP contribution in [0, 0.1) is 6.92 Å². The summed E-state index contributed by atoms with van der Waals surface area (Å²) in [6.45, 7) is 2.69. The van der Waals surface area contributed by atoms with Gasteiger partial charge in [-0.1, -0.05) is 0 Å². The monoisotopic (exact) mass is 216 g/mol. The van der Waals surface area contributed by atoms with Crippen LogP contribution in [-0.4, -0.2) is 9.67 Å². The Bertz CT molecular complexity index is 488. The molecule has 3 nitrogen and oxygen atoms in total. The molecule has 0 bridgehead atoms. The van der Waals surface area contributed by atoms with E-state index in [1.54, 1.807) is 6.07 Å². The molecule has 0 radical (unpaired) electrons. The standard InChI is InChI=1S/C13H16N2O/c1-10-7-12(3-4-13(10)16)14-8-11-5-6-15(2)9-11/h3-7,9,14,16H,8H2,1-2H3. The van der Waals surface area contributed by atoms with Crippen LogP contribution in [0.5, 0.6) is 5.75 Å². The van der Waals surface area contributed by atoms with E-state index in [0.29, 0.717) is 5.75 Å². The molecule has 0 amide bonds. The molecule has 2 N–H and O–H groups in total. The van der Waals surface area contributed by atoms with Gasteiger partial charge in [-0.05, 0) is 42.3 Å². The van der Waals surface area contributed by atoms with Crippen molar-refractivity contribution in [3.63, 3.8) is 0 Å². The average Bonchev–Trinajstić information content (AvgIpc) is 2.66. The zero-order valence-corrected chi connectivity index (χ0v) is 9.57. The van der Waals surface area contributed by atoms with Gasteiger partial charge in [-0.15, -0.1) is 0 Å². The van der Waals surface area contributed by atoms with Gasteiger partial charge in [-0.3, -0.25) is 0 Å². The summed E-state index contributed by atoms with van der Waals surface area (Å²) >= 11 is 0. The van der Waals surface area contributed by atoms with Crippen LogP contribution in [0.3, 0.4) is 0 Å². The molecule has 3 heteroatoms. The molecule has 0 aliphatic carbocycles. The van der Waals surface area contributed by atoms with Gasteiger partial charge in [-0.25, -0.2) is 0 Å². The third-order valence-electron chi connectivity index (χ3n) is 2.59. The lowest BCUT2D eigenvalue weighted by Gasteiger charge is -2.06. The lowest BCUT2D eigenvalue weighted by molar-refractivity contribution is 0.471. The van der Waals surface area contributed by atoms with E-state index < -0.39 is 0 Å². The molecule has 16 heavy (non-hydrogen) atoms. The van der Waals surface area contributed by atoms with E-state index in [2.05, 4.69) is 17.6 Å². The second-order valence-corrected chi connectivity index (χ2v) is 4.04. The third kappa shape index (κ3) is 2.37. The summed E-state index contributed by atoms with van der Waals surface area (Å²) in [5, 5.41) is 12.7. The summed E-state index contributed by atoms with van der Waals surface area (Å²) < 4.78 is 2.03. The number of benzene rings is 1. The van der Waals surface area contributed by atoms with Gasteiger partial charge in [0, 0.05) is 31.7 Å². The normalized spacial score (nSPS) is 10.4. The number of phenolic OH excluding ortho intramolecular Hbond substituents is 1. The molecule has 0 spiro atoms. The van der Waals surface area contributed by atoms with Crippen molar-refractivity contribution < 1.29 is 5.11 Å². The number of hydrogen-bond acceptors (Lipinski definition) is 2. The van der Waals surface area contributed by atoms with Crippen molar-refractivity contribution in [2.45, 2.75) is 13.5 Å². The maximum Gasteiger partial charge on any atom is 0.118 e. The second-order valence-electron chi connectivity index (χ2n) is 4.04. The maximum absolute atomic E-state index is 9.40. The van der Waals surface area contributed by atoms with Crippen LogP contribution >= 0.6 is 0 Å². The Hall–Kier alpha value is -1.90. The van der Waals surface area contributed by atoms with Crippen LogP contribution in [0.4, 0.5) is 5.69 Å². The Labute approximate surface area is 95.3 Å². The summed E-state index contributed by atoms with van der Waals surface area (Å²) in [4.78, 5) is 0. The van der Waals surface area contributed by atoms with E-state index in [0.717, 1.165) is 17.8 Å².